The number of aliphatic hydroxyl groups is 1. The summed E-state index contributed by atoms with van der Waals surface area (Å²) in [5.41, 5.74) is 21.1. The number of hydrogen-bond donors (Lipinski definition) is 18. The average Bonchev–Trinajstić information content (AvgIpc) is 1.83. The van der Waals surface area contributed by atoms with Gasteiger partial charge in [-0.1, -0.05) is 98.8 Å². The van der Waals surface area contributed by atoms with Crippen molar-refractivity contribution in [1.29, 1.82) is 0 Å². The fourth-order valence-electron chi connectivity index (χ4n) is 11.4. The quantitative estimate of drug-likeness (QED) is 0.00749. The molecule has 21 N–H and O–H groups in total. The van der Waals surface area contributed by atoms with Gasteiger partial charge in [-0.3, -0.25) is 9.13 Å². The molecule has 0 spiro atoms. The van der Waals surface area contributed by atoms with Crippen LogP contribution in [0.2, 0.25) is 0 Å². The molecule has 3 heterocycles. The molecule has 0 bridgehead atoms. The summed E-state index contributed by atoms with van der Waals surface area (Å²) in [4.78, 5) is 141. The topological polar surface area (TPSA) is 574 Å². The molecule has 0 saturated heterocycles. The third kappa shape index (κ3) is 67.8. The highest BCUT2D eigenvalue weighted by molar-refractivity contribution is 14.1. The summed E-state index contributed by atoms with van der Waals surface area (Å²) in [5, 5.41) is 47.9. The van der Waals surface area contributed by atoms with Crippen molar-refractivity contribution in [3.63, 3.8) is 0 Å². The van der Waals surface area contributed by atoms with E-state index < -0.39 is 97.6 Å². The summed E-state index contributed by atoms with van der Waals surface area (Å²) < 4.78 is 62.9. The molecule has 10 atom stereocenters. The van der Waals surface area contributed by atoms with E-state index in [9.17, 15) is 47.9 Å². The summed E-state index contributed by atoms with van der Waals surface area (Å²) in [7, 11) is 12.0. The van der Waals surface area contributed by atoms with Gasteiger partial charge in [0.15, 0.2) is 0 Å². The van der Waals surface area contributed by atoms with Crippen molar-refractivity contribution >= 4 is 83.5 Å². The van der Waals surface area contributed by atoms with E-state index >= 15 is 0 Å². The Kier molecular flexibility index (Phi) is 78.0. The summed E-state index contributed by atoms with van der Waals surface area (Å²) in [6, 6.07) is 16.2. The second-order valence-electron chi connectivity index (χ2n) is 30.2. The predicted octanol–water partition coefficient (Wildman–Crippen LogP) is 8.61. The van der Waals surface area contributed by atoms with Crippen LogP contribution in [-0.2, 0) is 68.7 Å². The molecular weight excluding hydrogens is 1850 g/mol. The molecule has 0 saturated carbocycles. The zero-order valence-electron chi connectivity index (χ0n) is 82.6. The van der Waals surface area contributed by atoms with Crippen LogP contribution in [0.3, 0.4) is 0 Å². The minimum absolute atomic E-state index is 0.0296. The number of aromatic nitrogens is 6. The molecule has 8 amide bonds. The van der Waals surface area contributed by atoms with Gasteiger partial charge in [-0.15, -0.1) is 0 Å². The average molecular weight is 2010 g/mol. The van der Waals surface area contributed by atoms with Gasteiger partial charge in [0.25, 0.3) is 0 Å². The minimum atomic E-state index is -1.26. The molecule has 0 radical (unpaired) electrons. The Hall–Kier alpha value is -10.3. The third-order valence-corrected chi connectivity index (χ3v) is 19.0. The molecular formula is C90H162IN23O20. The van der Waals surface area contributed by atoms with Gasteiger partial charge in [-0.2, -0.15) is 0 Å². The second-order valence-corrected chi connectivity index (χ2v) is 30.2. The molecule has 2 aromatic carbocycles. The fourth-order valence-corrected chi connectivity index (χ4v) is 11.4. The number of aliphatic hydroxyl groups excluding tert-OH is 1. The van der Waals surface area contributed by atoms with E-state index in [1.165, 1.54) is 57.1 Å². The molecule has 3 aromatic heterocycles. The number of benzene rings is 2. The first-order chi connectivity index (χ1) is 65.0. The highest BCUT2D eigenvalue weighted by Crippen LogP contribution is 2.27. The van der Waals surface area contributed by atoms with Gasteiger partial charge in [0.05, 0.1) is 6.10 Å². The number of ether oxygens (including phenoxy) is 9. The van der Waals surface area contributed by atoms with Gasteiger partial charge < -0.3 is 139 Å². The van der Waals surface area contributed by atoms with Crippen LogP contribution in [0.25, 0.3) is 0 Å². The Bertz CT molecular complexity index is 3640. The Labute approximate surface area is 808 Å². The summed E-state index contributed by atoms with van der Waals surface area (Å²) in [5.74, 6) is 0. The van der Waals surface area contributed by atoms with Crippen molar-refractivity contribution in [2.45, 2.75) is 245 Å². The molecule has 0 aliphatic rings. The summed E-state index contributed by atoms with van der Waals surface area (Å²) in [6.07, 6.45) is 3.17. The van der Waals surface area contributed by atoms with E-state index in [2.05, 4.69) is 121 Å². The normalized spacial score (nSPS) is 12.7. The number of hydrogen-bond acceptors (Lipinski definition) is 32. The third-order valence-electron chi connectivity index (χ3n) is 19.0. The van der Waals surface area contributed by atoms with Crippen molar-refractivity contribution in [2.24, 2.45) is 17.2 Å². The van der Waals surface area contributed by atoms with Crippen molar-refractivity contribution in [3.05, 3.63) is 127 Å². The van der Waals surface area contributed by atoms with Crippen molar-refractivity contribution in [1.82, 2.24) is 103 Å². The van der Waals surface area contributed by atoms with Crippen molar-refractivity contribution in [2.75, 3.05) is 139 Å². The highest BCUT2D eigenvalue weighted by atomic mass is 127. The van der Waals surface area contributed by atoms with Gasteiger partial charge in [-0.25, -0.2) is 67.5 Å². The summed E-state index contributed by atoms with van der Waals surface area (Å²) in [6.45, 7) is 21.9. The maximum atomic E-state index is 13.8. The number of rotatable bonds is 55. The van der Waals surface area contributed by atoms with Crippen LogP contribution in [0.15, 0.2) is 105 Å². The van der Waals surface area contributed by atoms with Crippen molar-refractivity contribution < 1.29 is 97.1 Å². The first kappa shape index (κ1) is 124. The highest BCUT2D eigenvalue weighted by Gasteiger charge is 2.36. The molecule has 0 aliphatic heterocycles. The number of aryl methyl sites for hydroxylation is 1. The smallest absolute Gasteiger partial charge is 0.419 e. The fraction of sp³-hybridized carbons (Fsp3) is 0.656. The Balaban J connectivity index is 0. The largest absolute Gasteiger partial charge is 0.446 e. The Morgan fingerprint density at radius 1 is 0.358 bits per heavy atom. The molecule has 44 heteroatoms. The number of alkyl carbamates (subject to hydrolysis) is 8. The number of alkyl halides is 1. The predicted molar refractivity (Wildman–Crippen MR) is 525 cm³/mol. The van der Waals surface area contributed by atoms with Crippen molar-refractivity contribution in [3.8, 4) is 0 Å². The van der Waals surface area contributed by atoms with Gasteiger partial charge in [-0.05, 0) is 201 Å². The SMILES string of the molecule is CCC(C)O.CCC(C)OC(=O)n1ccnc1.CCNC(=O)OC(CC)CC(CC(CC(CC(CC(CC(CC(C)OC(=O)NC)OC(=O)NCCCNC)OC(=O)NCCCNC)OC(=O)NCCCNC)OC(=O)NCCCNC)OC(=O)NCCCNC)OC(=O)NCCCNC.CCc1ccc(CN)cc1.NCc1ccc(CN)cc1.O=C(n1ccnc1)n1ccnc1.[2H]CI. The molecule has 764 valence electrons. The number of amides is 8. The monoisotopic (exact) mass is 2010 g/mol. The van der Waals surface area contributed by atoms with E-state index in [1.54, 1.807) is 101 Å². The van der Waals surface area contributed by atoms with Crippen LogP contribution < -0.4 is 91.6 Å². The number of carbonyl (C=O) groups is 10. The van der Waals surface area contributed by atoms with Crippen LogP contribution in [-0.4, -0.2) is 295 Å². The molecule has 5 aromatic rings. The maximum absolute atomic E-state index is 13.8. The van der Waals surface area contributed by atoms with E-state index in [1.807, 2.05) is 67.6 Å². The summed E-state index contributed by atoms with van der Waals surface area (Å²) >= 11 is 1.96. The van der Waals surface area contributed by atoms with Crippen LogP contribution in [0.4, 0.5) is 47.9 Å². The molecule has 0 aliphatic carbocycles. The lowest BCUT2D eigenvalue weighted by Gasteiger charge is -2.31. The lowest BCUT2D eigenvalue weighted by molar-refractivity contribution is -0.0273. The minimum Gasteiger partial charge on any atom is -0.446 e. The molecule has 43 nitrogen and oxygen atoms in total. The van der Waals surface area contributed by atoms with Crippen LogP contribution in [0, 0.1) is 0 Å². The lowest BCUT2D eigenvalue weighted by Crippen LogP contribution is -2.42. The zero-order valence-corrected chi connectivity index (χ0v) is 83.8. The lowest BCUT2D eigenvalue weighted by atomic mass is 9.95. The number of nitrogens with one attached hydrogen (secondary N) is 14. The van der Waals surface area contributed by atoms with E-state index in [-0.39, 0.29) is 109 Å². The molecule has 5 rings (SSSR count). The zero-order chi connectivity index (χ0) is 101. The number of nitrogens with zero attached hydrogens (tertiary/aromatic N) is 6. The maximum Gasteiger partial charge on any atom is 0.419 e. The number of imidazole rings is 3. The van der Waals surface area contributed by atoms with Gasteiger partial charge in [0.1, 0.15) is 73.9 Å². The van der Waals surface area contributed by atoms with Crippen LogP contribution in [0.5, 0.6) is 0 Å². The van der Waals surface area contributed by atoms with Crippen LogP contribution >= 0.6 is 22.6 Å². The van der Waals surface area contributed by atoms with Gasteiger partial charge in [0.2, 0.25) is 0 Å². The molecule has 10 unspecified atom stereocenters. The Morgan fingerprint density at radius 3 is 0.851 bits per heavy atom. The van der Waals surface area contributed by atoms with E-state index in [0.29, 0.717) is 115 Å². The number of halogens is 1. The molecule has 134 heavy (non-hydrogen) atoms. The van der Waals surface area contributed by atoms with Gasteiger partial charge >= 0.3 is 60.9 Å². The Morgan fingerprint density at radius 2 is 0.619 bits per heavy atom. The van der Waals surface area contributed by atoms with E-state index in [4.69, 9.17) is 66.3 Å². The molecule has 0 fully saturated rings. The van der Waals surface area contributed by atoms with E-state index in [0.717, 1.165) is 30.4 Å². The number of nitrogens with two attached hydrogens (primary N) is 3. The first-order valence-corrected chi connectivity index (χ1v) is 47.4. The van der Waals surface area contributed by atoms with Crippen LogP contribution in [0.1, 0.15) is 182 Å². The number of carbonyl (C=O) groups excluding carboxylic acids is 10. The second kappa shape index (κ2) is 84.4. The van der Waals surface area contributed by atoms with Gasteiger partial charge in [0, 0.05) is 156 Å². The first-order valence-electron chi connectivity index (χ1n) is 46.6. The standard InChI is InChI=1S/C53H106N14O16.C9H13N.C8H12N2O2.C8H12N2.C7H6N4O.C4H10O.CH3I/c1-11-39(77-47(69)61-12-2)32-41(79-49(71)63-26-14-20-55-5)34-43(81-51(73)65-28-16-22-57-7)36-45(83-53(75)67-30-18-24-59-9)37-44(82-52(74)66-29-17-23-58-8)35-42(80-50(72)64-27-15-21-56-6)33-40(31-38(3)76-46(68)60-10)78-48(70)62-25-13-19-54-4;1-2-8-3-5-9(7-10)6-4-8;1-3-7(2)12-8(11)10-5-4-9-6-10;9-5-7-1-2-8(6-10)4-3-7;12-7(10-3-1-8-5-10)11-4-2-9-6-11;1-3-4(2)5;1-2/h38-45,54-59H,11-37H2,1-10H3,(H,60,68)(H,61,69)(H,62,70)(H,63,71)(H,64,72)(H,65,73)(H,66,74)(H,67,75);3-6H,2,7,10H2,1H3;4-7H,3H2,1-2H3;1-4H,5-6,9-10H2;1-6H;4-5H,3H2,1-2H3;1H3/i;;;;;;1D.